The van der Waals surface area contributed by atoms with Gasteiger partial charge in [0.2, 0.25) is 0 Å². The first kappa shape index (κ1) is 13.7. The van der Waals surface area contributed by atoms with E-state index in [4.69, 9.17) is 16.3 Å². The molecule has 19 heavy (non-hydrogen) atoms. The summed E-state index contributed by atoms with van der Waals surface area (Å²) in [6, 6.07) is 12.7. The van der Waals surface area contributed by atoms with Gasteiger partial charge in [0, 0.05) is 6.54 Å². The lowest BCUT2D eigenvalue weighted by Gasteiger charge is -2.09. The lowest BCUT2D eigenvalue weighted by Crippen LogP contribution is -2.05. The molecule has 2 aromatic carbocycles. The maximum absolute atomic E-state index is 9.20. The monoisotopic (exact) mass is 277 g/mol. The van der Waals surface area contributed by atoms with Gasteiger partial charge in [-0.05, 0) is 42.4 Å². The van der Waals surface area contributed by atoms with Gasteiger partial charge >= 0.3 is 0 Å². The molecule has 0 aliphatic carbocycles. The highest BCUT2D eigenvalue weighted by molar-refractivity contribution is 6.32. The van der Waals surface area contributed by atoms with Crippen molar-refractivity contribution >= 4 is 11.6 Å². The first-order valence-corrected chi connectivity index (χ1v) is 6.40. The van der Waals surface area contributed by atoms with Crippen molar-refractivity contribution < 1.29 is 9.84 Å². The Morgan fingerprint density at radius 1 is 1.11 bits per heavy atom. The number of ether oxygens (including phenoxy) is 1. The maximum Gasteiger partial charge on any atom is 0.138 e. The first-order valence-electron chi connectivity index (χ1n) is 6.03. The molecule has 2 N–H and O–H groups in total. The predicted octanol–water partition coefficient (Wildman–Crippen LogP) is 3.34. The molecule has 0 bridgehead atoms. The largest absolute Gasteiger partial charge is 0.508 e. The van der Waals surface area contributed by atoms with E-state index in [1.807, 2.05) is 37.4 Å². The molecular formula is C15H16ClNO2. The van der Waals surface area contributed by atoms with Gasteiger partial charge in [-0.3, -0.25) is 0 Å². The smallest absolute Gasteiger partial charge is 0.138 e. The first-order chi connectivity index (χ1) is 9.19. The standard InChI is InChI=1S/C15H16ClNO2/c1-17-9-12-4-7-15(14(16)8-12)19-10-11-2-5-13(18)6-3-11/h2-8,17-18H,9-10H2,1H3. The third-order valence-corrected chi connectivity index (χ3v) is 3.00. The molecule has 2 rings (SSSR count). The third kappa shape index (κ3) is 3.88. The van der Waals surface area contributed by atoms with Crippen molar-refractivity contribution in [3.63, 3.8) is 0 Å². The Balaban J connectivity index is 2.01. The van der Waals surface area contributed by atoms with Crippen molar-refractivity contribution in [2.24, 2.45) is 0 Å². The highest BCUT2D eigenvalue weighted by atomic mass is 35.5. The van der Waals surface area contributed by atoms with Crippen LogP contribution in [-0.2, 0) is 13.2 Å². The fourth-order valence-electron chi connectivity index (χ4n) is 1.73. The van der Waals surface area contributed by atoms with E-state index in [-0.39, 0.29) is 5.75 Å². The Kier molecular flexibility index (Phi) is 4.66. The Labute approximate surface area is 117 Å². The van der Waals surface area contributed by atoms with E-state index in [1.54, 1.807) is 12.1 Å². The molecule has 100 valence electrons. The van der Waals surface area contributed by atoms with Crippen molar-refractivity contribution in [2.75, 3.05) is 7.05 Å². The number of hydrogen-bond donors (Lipinski definition) is 2. The van der Waals surface area contributed by atoms with Crippen LogP contribution in [0.2, 0.25) is 5.02 Å². The van der Waals surface area contributed by atoms with Crippen molar-refractivity contribution in [3.8, 4) is 11.5 Å². The minimum Gasteiger partial charge on any atom is -0.508 e. The second-order valence-corrected chi connectivity index (χ2v) is 4.66. The molecule has 0 fully saturated rings. The summed E-state index contributed by atoms with van der Waals surface area (Å²) < 4.78 is 5.66. The molecule has 0 saturated heterocycles. The summed E-state index contributed by atoms with van der Waals surface area (Å²) in [6.07, 6.45) is 0. The Morgan fingerprint density at radius 2 is 1.79 bits per heavy atom. The van der Waals surface area contributed by atoms with Crippen LogP contribution in [0.25, 0.3) is 0 Å². The molecular weight excluding hydrogens is 262 g/mol. The Bertz CT molecular complexity index is 540. The molecule has 0 aliphatic rings. The van der Waals surface area contributed by atoms with Crippen LogP contribution in [0.15, 0.2) is 42.5 Å². The molecule has 0 atom stereocenters. The number of phenolic OH excluding ortho intramolecular Hbond substituents is 1. The molecule has 0 aliphatic heterocycles. The van der Waals surface area contributed by atoms with E-state index in [1.165, 1.54) is 0 Å². The zero-order valence-electron chi connectivity index (χ0n) is 10.7. The molecule has 0 radical (unpaired) electrons. The lowest BCUT2D eigenvalue weighted by molar-refractivity contribution is 0.306. The number of nitrogens with one attached hydrogen (secondary N) is 1. The SMILES string of the molecule is CNCc1ccc(OCc2ccc(O)cc2)c(Cl)c1. The summed E-state index contributed by atoms with van der Waals surface area (Å²) in [4.78, 5) is 0. The maximum atomic E-state index is 9.20. The molecule has 0 spiro atoms. The topological polar surface area (TPSA) is 41.5 Å². The highest BCUT2D eigenvalue weighted by Crippen LogP contribution is 2.26. The summed E-state index contributed by atoms with van der Waals surface area (Å²) in [5.74, 6) is 0.910. The van der Waals surface area contributed by atoms with Gasteiger partial charge in [-0.25, -0.2) is 0 Å². The number of hydrogen-bond acceptors (Lipinski definition) is 3. The van der Waals surface area contributed by atoms with Crippen LogP contribution in [0.3, 0.4) is 0 Å². The normalized spacial score (nSPS) is 10.4. The van der Waals surface area contributed by atoms with Crippen molar-refractivity contribution in [1.29, 1.82) is 0 Å². The van der Waals surface area contributed by atoms with Gasteiger partial charge in [0.25, 0.3) is 0 Å². The number of aromatic hydroxyl groups is 1. The molecule has 0 saturated carbocycles. The molecule has 0 unspecified atom stereocenters. The van der Waals surface area contributed by atoms with Gasteiger partial charge in [-0.2, -0.15) is 0 Å². The molecule has 0 heterocycles. The zero-order valence-corrected chi connectivity index (χ0v) is 11.4. The summed E-state index contributed by atoms with van der Waals surface area (Å²) in [5.41, 5.74) is 2.10. The molecule has 4 heteroatoms. The van der Waals surface area contributed by atoms with Crippen LogP contribution in [0.1, 0.15) is 11.1 Å². The van der Waals surface area contributed by atoms with Gasteiger partial charge < -0.3 is 15.2 Å². The summed E-state index contributed by atoms with van der Waals surface area (Å²) in [6.45, 7) is 1.20. The number of rotatable bonds is 5. The minimum atomic E-state index is 0.248. The summed E-state index contributed by atoms with van der Waals surface area (Å²) >= 11 is 6.16. The fourth-order valence-corrected chi connectivity index (χ4v) is 1.99. The van der Waals surface area contributed by atoms with E-state index < -0.39 is 0 Å². The number of halogens is 1. The second kappa shape index (κ2) is 6.45. The fraction of sp³-hybridized carbons (Fsp3) is 0.200. The molecule has 0 aromatic heterocycles. The van der Waals surface area contributed by atoms with Crippen molar-refractivity contribution in [1.82, 2.24) is 5.32 Å². The molecule has 0 amide bonds. The van der Waals surface area contributed by atoms with Crippen molar-refractivity contribution in [2.45, 2.75) is 13.2 Å². The van der Waals surface area contributed by atoms with E-state index in [0.717, 1.165) is 17.7 Å². The van der Waals surface area contributed by atoms with Gasteiger partial charge in [-0.15, -0.1) is 0 Å². The predicted molar refractivity (Wildman–Crippen MR) is 76.7 cm³/mol. The highest BCUT2D eigenvalue weighted by Gasteiger charge is 2.03. The minimum absolute atomic E-state index is 0.248. The summed E-state index contributed by atoms with van der Waals surface area (Å²) in [5, 5.41) is 12.9. The Hall–Kier alpha value is -1.71. The third-order valence-electron chi connectivity index (χ3n) is 2.71. The second-order valence-electron chi connectivity index (χ2n) is 4.25. The van der Waals surface area contributed by atoms with E-state index in [9.17, 15) is 5.11 Å². The molecule has 2 aromatic rings. The number of benzene rings is 2. The van der Waals surface area contributed by atoms with E-state index >= 15 is 0 Å². The van der Waals surface area contributed by atoms with Crippen LogP contribution in [0.4, 0.5) is 0 Å². The zero-order chi connectivity index (χ0) is 13.7. The average molecular weight is 278 g/mol. The number of phenols is 1. The van der Waals surface area contributed by atoms with Gasteiger partial charge in [-0.1, -0.05) is 29.8 Å². The summed E-state index contributed by atoms with van der Waals surface area (Å²) in [7, 11) is 1.89. The lowest BCUT2D eigenvalue weighted by atomic mass is 10.2. The van der Waals surface area contributed by atoms with Crippen LogP contribution in [-0.4, -0.2) is 12.2 Å². The van der Waals surface area contributed by atoms with Crippen LogP contribution in [0, 0.1) is 0 Å². The van der Waals surface area contributed by atoms with Gasteiger partial charge in [0.15, 0.2) is 0 Å². The van der Waals surface area contributed by atoms with Gasteiger partial charge in [0.05, 0.1) is 5.02 Å². The average Bonchev–Trinajstić information content (AvgIpc) is 2.40. The van der Waals surface area contributed by atoms with E-state index in [0.29, 0.717) is 17.4 Å². The van der Waals surface area contributed by atoms with Gasteiger partial charge in [0.1, 0.15) is 18.1 Å². The van der Waals surface area contributed by atoms with Crippen LogP contribution < -0.4 is 10.1 Å². The molecule has 3 nitrogen and oxygen atoms in total. The van der Waals surface area contributed by atoms with E-state index in [2.05, 4.69) is 5.32 Å². The van der Waals surface area contributed by atoms with Crippen molar-refractivity contribution in [3.05, 3.63) is 58.6 Å². The quantitative estimate of drug-likeness (QED) is 0.881. The van der Waals surface area contributed by atoms with Crippen LogP contribution >= 0.6 is 11.6 Å². The Morgan fingerprint density at radius 3 is 2.42 bits per heavy atom. The van der Waals surface area contributed by atoms with Crippen LogP contribution in [0.5, 0.6) is 11.5 Å².